The number of aromatic amines is 1. The first-order chi connectivity index (χ1) is 15.1. The number of rotatable bonds is 2. The number of amides is 2. The van der Waals surface area contributed by atoms with Gasteiger partial charge in [0.15, 0.2) is 5.82 Å². The molecule has 2 saturated heterocycles. The second kappa shape index (κ2) is 6.80. The molecule has 8 heteroatoms. The fraction of sp³-hybridized carbons (Fsp3) is 0.391. The van der Waals surface area contributed by atoms with Gasteiger partial charge in [0.1, 0.15) is 0 Å². The highest BCUT2D eigenvalue weighted by molar-refractivity contribution is 6.05. The Labute approximate surface area is 178 Å². The zero-order valence-corrected chi connectivity index (χ0v) is 17.0. The van der Waals surface area contributed by atoms with Crippen LogP contribution in [0.1, 0.15) is 24.5 Å². The summed E-state index contributed by atoms with van der Waals surface area (Å²) < 4.78 is 1.87. The maximum atomic E-state index is 13.4. The lowest BCUT2D eigenvalue weighted by molar-refractivity contribution is -0.138. The number of carbonyl (C=O) groups excluding carboxylic acids is 2. The van der Waals surface area contributed by atoms with E-state index in [0.717, 1.165) is 23.0 Å². The molecule has 2 amide bonds. The molecule has 0 spiro atoms. The number of hydrogen-bond acceptors (Lipinski definition) is 4. The Morgan fingerprint density at radius 1 is 1.00 bits per heavy atom. The quantitative estimate of drug-likeness (QED) is 0.687. The highest BCUT2D eigenvalue weighted by Crippen LogP contribution is 2.37. The van der Waals surface area contributed by atoms with Gasteiger partial charge in [-0.3, -0.25) is 24.4 Å². The minimum atomic E-state index is -0.361. The zero-order valence-electron chi connectivity index (χ0n) is 17.0. The third-order valence-corrected chi connectivity index (χ3v) is 6.97. The molecule has 3 aromatic rings. The molecule has 0 radical (unpaired) electrons. The minimum Gasteiger partial charge on any atom is -0.341 e. The van der Waals surface area contributed by atoms with Gasteiger partial charge in [0, 0.05) is 55.7 Å². The maximum absolute atomic E-state index is 13.4. The van der Waals surface area contributed by atoms with Crippen LogP contribution in [0.3, 0.4) is 0 Å². The summed E-state index contributed by atoms with van der Waals surface area (Å²) in [5, 5.41) is 8.19. The monoisotopic (exact) mass is 417 g/mol. The van der Waals surface area contributed by atoms with E-state index >= 15 is 0 Å². The summed E-state index contributed by atoms with van der Waals surface area (Å²) in [6.07, 6.45) is 1.21. The molecule has 0 saturated carbocycles. The highest BCUT2D eigenvalue weighted by Gasteiger charge is 2.42. The van der Waals surface area contributed by atoms with Gasteiger partial charge in [0.2, 0.25) is 11.8 Å². The lowest BCUT2D eigenvalue weighted by atomic mass is 9.82. The smallest absolute Gasteiger partial charge is 0.250 e. The fourth-order valence-corrected chi connectivity index (χ4v) is 5.57. The molecule has 6 rings (SSSR count). The van der Waals surface area contributed by atoms with Crippen LogP contribution in [0.15, 0.2) is 47.3 Å². The number of H-pyrrole nitrogens is 1. The highest BCUT2D eigenvalue weighted by atomic mass is 16.2. The Bertz CT molecular complexity index is 1260. The molecule has 3 unspecified atom stereocenters. The molecule has 158 valence electrons. The number of hydrogen-bond donors (Lipinski definition) is 1. The van der Waals surface area contributed by atoms with E-state index in [1.807, 2.05) is 39.8 Å². The van der Waals surface area contributed by atoms with Crippen LogP contribution in [0.25, 0.3) is 10.9 Å². The molecule has 8 nitrogen and oxygen atoms in total. The molecular formula is C23H23N5O3. The van der Waals surface area contributed by atoms with E-state index in [1.54, 1.807) is 17.0 Å². The first-order valence-electron chi connectivity index (χ1n) is 10.8. The van der Waals surface area contributed by atoms with Gasteiger partial charge in [0.25, 0.3) is 5.56 Å². The first-order valence-corrected chi connectivity index (χ1v) is 10.8. The van der Waals surface area contributed by atoms with Crippen LogP contribution in [0.5, 0.6) is 0 Å². The van der Waals surface area contributed by atoms with Crippen molar-refractivity contribution in [1.29, 1.82) is 0 Å². The van der Waals surface area contributed by atoms with E-state index in [-0.39, 0.29) is 41.5 Å². The Kier molecular flexibility index (Phi) is 4.03. The summed E-state index contributed by atoms with van der Waals surface area (Å²) in [7, 11) is 0. The topological polar surface area (TPSA) is 91.3 Å². The molecule has 5 heterocycles. The van der Waals surface area contributed by atoms with Crippen LogP contribution < -0.4 is 10.5 Å². The molecule has 3 atom stereocenters. The Balaban J connectivity index is 1.22. The zero-order chi connectivity index (χ0) is 21.1. The van der Waals surface area contributed by atoms with Crippen LogP contribution in [0.2, 0.25) is 0 Å². The van der Waals surface area contributed by atoms with Crippen LogP contribution in [-0.4, -0.2) is 51.1 Å². The number of nitrogens with one attached hydrogen (secondary N) is 1. The van der Waals surface area contributed by atoms with Gasteiger partial charge in [0.05, 0.1) is 11.4 Å². The van der Waals surface area contributed by atoms with Gasteiger partial charge in [-0.2, -0.15) is 5.10 Å². The van der Waals surface area contributed by atoms with E-state index in [2.05, 4.69) is 10.2 Å². The minimum absolute atomic E-state index is 0.0373. The Morgan fingerprint density at radius 2 is 1.87 bits per heavy atom. The number of para-hydroxylation sites is 1. The average molecular weight is 417 g/mol. The lowest BCUT2D eigenvalue weighted by Crippen LogP contribution is -2.50. The second-order valence-electron chi connectivity index (χ2n) is 8.94. The van der Waals surface area contributed by atoms with Crippen molar-refractivity contribution in [3.8, 4) is 0 Å². The van der Waals surface area contributed by atoms with E-state index in [0.29, 0.717) is 32.0 Å². The van der Waals surface area contributed by atoms with E-state index < -0.39 is 0 Å². The van der Waals surface area contributed by atoms with Crippen LogP contribution in [0, 0.1) is 11.8 Å². The number of nitrogens with zero attached hydrogens (tertiary/aromatic N) is 4. The van der Waals surface area contributed by atoms with Gasteiger partial charge in [-0.15, -0.1) is 0 Å². The van der Waals surface area contributed by atoms with Gasteiger partial charge in [-0.1, -0.05) is 18.2 Å². The number of benzene rings is 1. The van der Waals surface area contributed by atoms with Crippen molar-refractivity contribution < 1.29 is 9.59 Å². The Hall–Kier alpha value is -3.42. The molecule has 1 N–H and O–H groups in total. The van der Waals surface area contributed by atoms with Gasteiger partial charge in [-0.05, 0) is 30.5 Å². The average Bonchev–Trinajstić information content (AvgIpc) is 3.37. The Morgan fingerprint density at radius 3 is 2.77 bits per heavy atom. The summed E-state index contributed by atoms with van der Waals surface area (Å²) >= 11 is 0. The number of anilines is 1. The number of fused-ring (bicyclic) bond motifs is 5. The summed E-state index contributed by atoms with van der Waals surface area (Å²) in [5.74, 6) is 0.661. The number of likely N-dealkylation sites (tertiary alicyclic amines) is 1. The van der Waals surface area contributed by atoms with Crippen molar-refractivity contribution in [2.45, 2.75) is 25.3 Å². The van der Waals surface area contributed by atoms with Gasteiger partial charge >= 0.3 is 0 Å². The van der Waals surface area contributed by atoms with Crippen molar-refractivity contribution in [3.63, 3.8) is 0 Å². The first kappa shape index (κ1) is 18.4. The van der Waals surface area contributed by atoms with Crippen molar-refractivity contribution >= 4 is 28.5 Å². The fourth-order valence-electron chi connectivity index (χ4n) is 5.57. The maximum Gasteiger partial charge on any atom is 0.250 e. The molecule has 1 aromatic carbocycles. The van der Waals surface area contributed by atoms with Crippen molar-refractivity contribution in [3.05, 3.63) is 58.5 Å². The van der Waals surface area contributed by atoms with Gasteiger partial charge < -0.3 is 9.47 Å². The van der Waals surface area contributed by atoms with E-state index in [9.17, 15) is 14.4 Å². The van der Waals surface area contributed by atoms with Crippen molar-refractivity contribution in [2.75, 3.05) is 24.5 Å². The summed E-state index contributed by atoms with van der Waals surface area (Å²) in [6.45, 7) is 2.26. The molecule has 0 aliphatic carbocycles. The molecule has 2 fully saturated rings. The SMILES string of the molecule is O=C(C1CC(=O)N(c2n[nH]c3ccccc23)C1)N1CC2CC(C1)c1cccc(=O)n1C2. The van der Waals surface area contributed by atoms with Crippen LogP contribution in [-0.2, 0) is 16.1 Å². The van der Waals surface area contributed by atoms with E-state index in [1.165, 1.54) is 0 Å². The second-order valence-corrected chi connectivity index (χ2v) is 8.94. The summed E-state index contributed by atoms with van der Waals surface area (Å²) in [5.41, 5.74) is 1.93. The van der Waals surface area contributed by atoms with Crippen molar-refractivity contribution in [1.82, 2.24) is 19.7 Å². The standard InChI is InChI=1S/C23H23N5O3/c29-20-7-3-6-19-15-8-14(11-27(19)20)10-26(12-15)23(31)16-9-21(30)28(13-16)22-17-4-1-2-5-18(17)24-25-22/h1-7,14-16H,8-13H2,(H,24,25). The molecule has 3 aliphatic rings. The number of aromatic nitrogens is 3. The van der Waals surface area contributed by atoms with Crippen LogP contribution in [0.4, 0.5) is 5.82 Å². The summed E-state index contributed by atoms with van der Waals surface area (Å²) in [6, 6.07) is 13.1. The number of pyridine rings is 1. The third kappa shape index (κ3) is 2.89. The van der Waals surface area contributed by atoms with E-state index in [4.69, 9.17) is 0 Å². The normalized spacial score (nSPS) is 25.2. The number of piperidine rings is 1. The molecule has 31 heavy (non-hydrogen) atoms. The third-order valence-electron chi connectivity index (χ3n) is 6.97. The molecule has 3 aliphatic heterocycles. The predicted molar refractivity (Wildman–Crippen MR) is 115 cm³/mol. The molecule has 2 aromatic heterocycles. The van der Waals surface area contributed by atoms with Crippen molar-refractivity contribution in [2.24, 2.45) is 11.8 Å². The summed E-state index contributed by atoms with van der Waals surface area (Å²) in [4.78, 5) is 41.9. The lowest BCUT2D eigenvalue weighted by Gasteiger charge is -2.43. The van der Waals surface area contributed by atoms with Gasteiger partial charge in [-0.25, -0.2) is 0 Å². The molecule has 2 bridgehead atoms. The molecular weight excluding hydrogens is 394 g/mol. The predicted octanol–water partition coefficient (Wildman–Crippen LogP) is 1.72. The van der Waals surface area contributed by atoms with Crippen LogP contribution >= 0.6 is 0 Å². The number of carbonyl (C=O) groups is 2. The largest absolute Gasteiger partial charge is 0.341 e.